The summed E-state index contributed by atoms with van der Waals surface area (Å²) in [6.45, 7) is 2.41. The highest BCUT2D eigenvalue weighted by Gasteiger charge is 2.34. The molecule has 0 fully saturated rings. The van der Waals surface area contributed by atoms with Crippen molar-refractivity contribution in [1.82, 2.24) is 9.13 Å². The van der Waals surface area contributed by atoms with Gasteiger partial charge < -0.3 is 0 Å². The van der Waals surface area contributed by atoms with Crippen molar-refractivity contribution >= 4 is 168 Å². The Labute approximate surface area is 335 Å². The molecule has 4 aliphatic heterocycles. The molecule has 0 unspecified atom stereocenters. The lowest BCUT2D eigenvalue weighted by atomic mass is 10.1. The van der Waals surface area contributed by atoms with Crippen LogP contribution in [0.3, 0.4) is 0 Å². The number of aromatic nitrogens is 2. The molecule has 0 saturated heterocycles. The number of nitrogens with zero attached hydrogens (tertiary/aromatic N) is 8. The van der Waals surface area contributed by atoms with E-state index in [2.05, 4.69) is 140 Å². The van der Waals surface area contributed by atoms with Gasteiger partial charge in [0, 0.05) is 75.1 Å². The normalized spacial score (nSPS) is 15.3. The van der Waals surface area contributed by atoms with Gasteiger partial charge >= 0.3 is 0 Å². The second-order valence-corrected chi connectivity index (χ2v) is 17.7. The average Bonchev–Trinajstić information content (AvgIpc) is 3.79. The molecule has 0 N–H and O–H groups in total. The number of aliphatic imine (C=N–C) groups is 4. The zero-order chi connectivity index (χ0) is 33.6. The highest BCUT2D eigenvalue weighted by Crippen LogP contribution is 2.48. The first kappa shape index (κ1) is 31.3. The van der Waals surface area contributed by atoms with Crippen molar-refractivity contribution in [2.24, 2.45) is 30.0 Å². The smallest absolute Gasteiger partial charge is 0.165 e. The fourth-order valence-corrected chi connectivity index (χ4v) is 10.5. The summed E-state index contributed by atoms with van der Waals surface area (Å²) in [5.74, 6) is 3.57. The van der Waals surface area contributed by atoms with E-state index in [-0.39, 0.29) is 0 Å². The Morgan fingerprint density at radius 2 is 0.776 bits per heavy atom. The minimum Gasteiger partial charge on any atom is -0.291 e. The van der Waals surface area contributed by atoms with E-state index in [9.17, 15) is 0 Å². The molecule has 15 heteroatoms. The number of rotatable bonds is 0. The van der Waals surface area contributed by atoms with E-state index in [1.807, 2.05) is 36.4 Å². The molecule has 0 amide bonds. The summed E-state index contributed by atoms with van der Waals surface area (Å²) in [6.07, 6.45) is 0. The van der Waals surface area contributed by atoms with Gasteiger partial charge in [-0.05, 0) is 55.0 Å². The average molecular weight is 1090 g/mol. The number of hydrogen-bond acceptors (Lipinski definition) is 6. The quantitative estimate of drug-likeness (QED) is 0.145. The van der Waals surface area contributed by atoms with Crippen molar-refractivity contribution in [3.63, 3.8) is 0 Å². The first-order valence-electron chi connectivity index (χ1n) is 14.7. The number of fused-ring (bicyclic) bond motifs is 14. The fourth-order valence-electron chi connectivity index (χ4n) is 6.92. The van der Waals surface area contributed by atoms with Crippen molar-refractivity contribution < 1.29 is 0 Å². The van der Waals surface area contributed by atoms with Crippen LogP contribution in [0.15, 0.2) is 110 Å². The lowest BCUT2D eigenvalue weighted by molar-refractivity contribution is 0.583. The van der Waals surface area contributed by atoms with Crippen LogP contribution < -0.4 is 11.0 Å². The molecule has 238 valence electrons. The molecule has 49 heavy (non-hydrogen) atoms. The predicted molar refractivity (Wildman–Crippen MR) is 219 cm³/mol. The van der Waals surface area contributed by atoms with E-state index in [1.54, 1.807) is 0 Å². The predicted octanol–water partition coefficient (Wildman–Crippen LogP) is 10.7. The van der Waals surface area contributed by atoms with Crippen LogP contribution in [0.1, 0.15) is 27.8 Å². The Kier molecular flexibility index (Phi) is 7.07. The van der Waals surface area contributed by atoms with Gasteiger partial charge in [0.2, 0.25) is 0 Å². The Bertz CT molecular complexity index is 2700. The first-order valence-corrected chi connectivity index (χ1v) is 20.2. The highest BCUT2D eigenvalue weighted by molar-refractivity contribution is 9.11. The van der Waals surface area contributed by atoms with Gasteiger partial charge in [0.15, 0.2) is 23.3 Å². The molecule has 0 atom stereocenters. The minimum atomic E-state index is 0.307. The van der Waals surface area contributed by atoms with Gasteiger partial charge in [-0.1, -0.05) is 118 Å². The van der Waals surface area contributed by atoms with Crippen LogP contribution in [0.2, 0.25) is 0 Å². The molecule has 10 rings (SSSR count). The molecule has 2 aromatic heterocycles. The third-order valence-electron chi connectivity index (χ3n) is 9.04. The molecule has 0 radical (unpaired) electrons. The van der Waals surface area contributed by atoms with E-state index in [0.29, 0.717) is 47.1 Å². The summed E-state index contributed by atoms with van der Waals surface area (Å²) in [4.78, 5) is 31.7. The van der Waals surface area contributed by atoms with Gasteiger partial charge in [0.25, 0.3) is 0 Å². The molecular weight excluding hydrogens is 1080 g/mol. The van der Waals surface area contributed by atoms with Crippen LogP contribution >= 0.6 is 112 Å². The van der Waals surface area contributed by atoms with Crippen molar-refractivity contribution in [1.29, 1.82) is 0 Å². The monoisotopic (exact) mass is 1090 g/mol. The molecule has 6 bridgehead atoms. The zero-order valence-corrected chi connectivity index (χ0v) is 35.7. The Morgan fingerprint density at radius 3 is 1.24 bits per heavy atom. The van der Waals surface area contributed by atoms with Gasteiger partial charge in [-0.3, -0.25) is 9.13 Å². The number of aryl methyl sites for hydroxylation is 1. The van der Waals surface area contributed by atoms with Crippen LogP contribution in [-0.2, 0) is 6.67 Å². The van der Waals surface area contributed by atoms with Crippen LogP contribution in [0.4, 0.5) is 11.6 Å². The molecule has 0 aliphatic carbocycles. The maximum absolute atomic E-state index is 5.39. The lowest BCUT2D eigenvalue weighted by Crippen LogP contribution is -2.32. The topological polar surface area (TPSA) is 84.0 Å². The summed E-state index contributed by atoms with van der Waals surface area (Å²) in [5, 5.41) is 3.66. The van der Waals surface area contributed by atoms with Gasteiger partial charge in [0.05, 0.1) is 0 Å². The van der Waals surface area contributed by atoms with E-state index < -0.39 is 0 Å². The number of halogens is 7. The molecule has 4 aliphatic rings. The van der Waals surface area contributed by atoms with Crippen molar-refractivity contribution in [3.8, 4) is 0 Å². The second-order valence-electron chi connectivity index (χ2n) is 11.7. The SMILES string of the molecule is Cc1ccc(Br)c2c3n4c(c12)=NC1=NC(=Nc2c5c(Br)ccc(Br)c5c(n2C4)N=C2N=C(N=3)c3c(Br)ccc(Br)c32)c2c(Br)ccc(Br)c21. The van der Waals surface area contributed by atoms with Crippen molar-refractivity contribution in [2.45, 2.75) is 13.6 Å². The summed E-state index contributed by atoms with van der Waals surface area (Å²) in [7, 11) is 0. The first-order chi connectivity index (χ1) is 23.6. The molecule has 4 aromatic carbocycles. The van der Waals surface area contributed by atoms with Crippen LogP contribution in [0.5, 0.6) is 0 Å². The third-order valence-corrected chi connectivity index (χ3v) is 13.7. The number of amidine groups is 4. The Morgan fingerprint density at radius 1 is 0.408 bits per heavy atom. The third kappa shape index (κ3) is 4.32. The van der Waals surface area contributed by atoms with Gasteiger partial charge in [0.1, 0.15) is 29.3 Å². The largest absolute Gasteiger partial charge is 0.291 e. The summed E-state index contributed by atoms with van der Waals surface area (Å²) in [6, 6.07) is 16.2. The summed E-state index contributed by atoms with van der Waals surface area (Å²) < 4.78 is 10.4. The maximum atomic E-state index is 5.39. The van der Waals surface area contributed by atoms with Crippen LogP contribution in [-0.4, -0.2) is 32.5 Å². The van der Waals surface area contributed by atoms with E-state index in [4.69, 9.17) is 30.0 Å². The Balaban J connectivity index is 1.52. The highest BCUT2D eigenvalue weighted by atomic mass is 79.9. The van der Waals surface area contributed by atoms with E-state index in [1.165, 1.54) is 0 Å². The van der Waals surface area contributed by atoms with Gasteiger partial charge in [-0.25, -0.2) is 30.0 Å². The molecule has 0 saturated carbocycles. The maximum Gasteiger partial charge on any atom is 0.165 e. The summed E-state index contributed by atoms with van der Waals surface area (Å²) >= 11 is 26.9. The van der Waals surface area contributed by atoms with Crippen LogP contribution in [0, 0.1) is 6.92 Å². The molecule has 8 nitrogen and oxygen atoms in total. The van der Waals surface area contributed by atoms with Crippen LogP contribution in [0.25, 0.3) is 21.5 Å². The minimum absolute atomic E-state index is 0.307. The zero-order valence-electron chi connectivity index (χ0n) is 24.5. The van der Waals surface area contributed by atoms with Crippen molar-refractivity contribution in [3.05, 3.63) is 119 Å². The Hall–Kier alpha value is -2.40. The fraction of sp³-hybridized carbons (Fsp3) is 0.0588. The molecular formula is C34H13Br7N8. The summed E-state index contributed by atoms with van der Waals surface area (Å²) in [5.41, 5.74) is 5.91. The van der Waals surface area contributed by atoms with Gasteiger partial charge in [-0.2, -0.15) is 0 Å². The number of hydrogen-bond donors (Lipinski definition) is 0. The molecule has 0 spiro atoms. The van der Waals surface area contributed by atoms with E-state index >= 15 is 0 Å². The molecule has 6 aromatic rings. The van der Waals surface area contributed by atoms with Gasteiger partial charge in [-0.15, -0.1) is 0 Å². The van der Waals surface area contributed by atoms with E-state index in [0.717, 1.165) is 86.2 Å². The standard InChI is InChI=1S/C34H13Br7N8/c1-11-2-3-16(39)24-19(11)31-44-27-20-12(35)4-5-13(36)21(20)29(42-27)46-33-25-17(40)8-9-18(41)26(25)34-47-30-23-15(38)7-6-14(37)22(23)28(43-30)45-32(24)48(31)10-49(33)34/h2-9H,10H2,1H3. The number of benzene rings is 4. The second kappa shape index (κ2) is 11.1. The lowest BCUT2D eigenvalue weighted by Gasteiger charge is -2.13. The van der Waals surface area contributed by atoms with Crippen molar-refractivity contribution in [2.75, 3.05) is 0 Å². The molecule has 6 heterocycles.